The SMILES string of the molecule is COc1cccc([C@H]2CC(=O)Nc3ccc4nn(-c5ccccc5)nc4c32)c1. The third-order valence-electron chi connectivity index (χ3n) is 5.09. The zero-order chi connectivity index (χ0) is 19.1. The number of methoxy groups -OCH3 is 1. The molecule has 1 amide bonds. The summed E-state index contributed by atoms with van der Waals surface area (Å²) in [6.45, 7) is 0. The maximum absolute atomic E-state index is 12.3. The van der Waals surface area contributed by atoms with Crippen LogP contribution in [0.1, 0.15) is 23.5 Å². The van der Waals surface area contributed by atoms with Gasteiger partial charge in [0.2, 0.25) is 5.91 Å². The van der Waals surface area contributed by atoms with Crippen molar-refractivity contribution < 1.29 is 9.53 Å². The van der Waals surface area contributed by atoms with Gasteiger partial charge in [-0.1, -0.05) is 30.3 Å². The second-order valence-corrected chi connectivity index (χ2v) is 6.80. The Bertz CT molecular complexity index is 1180. The van der Waals surface area contributed by atoms with Crippen molar-refractivity contribution in [3.63, 3.8) is 0 Å². The smallest absolute Gasteiger partial charge is 0.225 e. The molecule has 3 aromatic carbocycles. The molecule has 1 aromatic heterocycles. The van der Waals surface area contributed by atoms with Crippen molar-refractivity contribution >= 4 is 22.6 Å². The lowest BCUT2D eigenvalue weighted by Gasteiger charge is -2.26. The molecule has 0 radical (unpaired) electrons. The van der Waals surface area contributed by atoms with E-state index in [9.17, 15) is 4.79 Å². The molecule has 0 bridgehead atoms. The predicted octanol–water partition coefficient (Wildman–Crippen LogP) is 3.90. The van der Waals surface area contributed by atoms with Crippen LogP contribution in [0, 0.1) is 0 Å². The highest BCUT2D eigenvalue weighted by Gasteiger charge is 2.30. The number of rotatable bonds is 3. The van der Waals surface area contributed by atoms with E-state index < -0.39 is 0 Å². The van der Waals surface area contributed by atoms with Gasteiger partial charge in [-0.25, -0.2) is 0 Å². The summed E-state index contributed by atoms with van der Waals surface area (Å²) in [6, 6.07) is 21.5. The van der Waals surface area contributed by atoms with Crippen LogP contribution < -0.4 is 10.1 Å². The monoisotopic (exact) mass is 370 g/mol. The van der Waals surface area contributed by atoms with Crippen molar-refractivity contribution in [3.8, 4) is 11.4 Å². The molecule has 0 aliphatic carbocycles. The van der Waals surface area contributed by atoms with Crippen molar-refractivity contribution in [3.05, 3.63) is 77.9 Å². The van der Waals surface area contributed by atoms with Gasteiger partial charge in [-0.15, -0.1) is 10.2 Å². The molecule has 138 valence electrons. The van der Waals surface area contributed by atoms with Crippen molar-refractivity contribution in [1.29, 1.82) is 0 Å². The number of amides is 1. The van der Waals surface area contributed by atoms with E-state index in [1.165, 1.54) is 0 Å². The Morgan fingerprint density at radius 2 is 1.89 bits per heavy atom. The van der Waals surface area contributed by atoms with Crippen molar-refractivity contribution in [2.24, 2.45) is 0 Å². The Hall–Kier alpha value is -3.67. The maximum atomic E-state index is 12.3. The van der Waals surface area contributed by atoms with Gasteiger partial charge < -0.3 is 10.1 Å². The first-order valence-corrected chi connectivity index (χ1v) is 9.12. The maximum Gasteiger partial charge on any atom is 0.225 e. The number of anilines is 1. The minimum absolute atomic E-state index is 0.00452. The number of para-hydroxylation sites is 1. The Labute approximate surface area is 161 Å². The molecular formula is C22H18N4O2. The number of nitrogens with zero attached hydrogens (tertiary/aromatic N) is 3. The first-order chi connectivity index (χ1) is 13.7. The first kappa shape index (κ1) is 16.5. The lowest BCUT2D eigenvalue weighted by molar-refractivity contribution is -0.116. The van der Waals surface area contributed by atoms with E-state index in [2.05, 4.69) is 10.4 Å². The summed E-state index contributed by atoms with van der Waals surface area (Å²) in [4.78, 5) is 14.0. The Balaban J connectivity index is 1.71. The number of benzene rings is 3. The van der Waals surface area contributed by atoms with Gasteiger partial charge in [0.25, 0.3) is 0 Å². The molecule has 5 rings (SSSR count). The lowest BCUT2D eigenvalue weighted by atomic mass is 9.84. The summed E-state index contributed by atoms with van der Waals surface area (Å²) < 4.78 is 5.38. The van der Waals surface area contributed by atoms with Crippen LogP contribution in [0.2, 0.25) is 0 Å². The molecule has 28 heavy (non-hydrogen) atoms. The number of ether oxygens (including phenoxy) is 1. The van der Waals surface area contributed by atoms with E-state index in [1.807, 2.05) is 66.7 Å². The number of hydrogen-bond acceptors (Lipinski definition) is 4. The fourth-order valence-corrected chi connectivity index (χ4v) is 3.77. The average molecular weight is 370 g/mol. The minimum Gasteiger partial charge on any atom is -0.497 e. The summed E-state index contributed by atoms with van der Waals surface area (Å²) in [5.41, 5.74) is 5.30. The predicted molar refractivity (Wildman–Crippen MR) is 107 cm³/mol. The molecule has 0 fully saturated rings. The lowest BCUT2D eigenvalue weighted by Crippen LogP contribution is -2.23. The van der Waals surface area contributed by atoms with Crippen molar-refractivity contribution in [2.45, 2.75) is 12.3 Å². The second kappa shape index (κ2) is 6.49. The minimum atomic E-state index is -0.108. The quantitative estimate of drug-likeness (QED) is 0.594. The molecule has 0 unspecified atom stereocenters. The van der Waals surface area contributed by atoms with E-state index in [4.69, 9.17) is 9.84 Å². The molecule has 1 aliphatic rings. The molecule has 6 heteroatoms. The molecule has 4 aromatic rings. The molecule has 1 atom stereocenters. The fourth-order valence-electron chi connectivity index (χ4n) is 3.77. The van der Waals surface area contributed by atoms with Gasteiger partial charge in [-0.2, -0.15) is 4.80 Å². The van der Waals surface area contributed by atoms with Gasteiger partial charge in [0.1, 0.15) is 16.8 Å². The second-order valence-electron chi connectivity index (χ2n) is 6.80. The number of fused-ring (bicyclic) bond motifs is 3. The number of nitrogens with one attached hydrogen (secondary N) is 1. The molecule has 6 nitrogen and oxygen atoms in total. The van der Waals surface area contributed by atoms with Crippen LogP contribution in [0.3, 0.4) is 0 Å². The zero-order valence-corrected chi connectivity index (χ0v) is 15.3. The third kappa shape index (κ3) is 2.70. The van der Waals surface area contributed by atoms with E-state index in [1.54, 1.807) is 11.9 Å². The van der Waals surface area contributed by atoms with E-state index in [0.717, 1.165) is 39.3 Å². The van der Waals surface area contributed by atoms with Crippen LogP contribution >= 0.6 is 0 Å². The van der Waals surface area contributed by atoms with Gasteiger partial charge in [-0.3, -0.25) is 4.79 Å². The van der Waals surface area contributed by atoms with Crippen molar-refractivity contribution in [2.75, 3.05) is 12.4 Å². The summed E-state index contributed by atoms with van der Waals surface area (Å²) >= 11 is 0. The van der Waals surface area contributed by atoms with Crippen LogP contribution in [-0.4, -0.2) is 28.0 Å². The Kier molecular flexibility index (Phi) is 3.83. The summed E-state index contributed by atoms with van der Waals surface area (Å²) in [5, 5.41) is 12.4. The average Bonchev–Trinajstić information content (AvgIpc) is 3.18. The molecular weight excluding hydrogens is 352 g/mol. The standard InChI is InChI=1S/C22H18N4O2/c1-28-16-9-5-6-14(12-16)17-13-20(27)23-18-10-11-19-22(21(17)18)25-26(24-19)15-7-3-2-4-8-15/h2-12,17H,13H2,1H3,(H,23,27)/t17-/m1/s1. The topological polar surface area (TPSA) is 69.0 Å². The molecule has 0 saturated carbocycles. The Morgan fingerprint density at radius 1 is 1.04 bits per heavy atom. The third-order valence-corrected chi connectivity index (χ3v) is 5.09. The molecule has 1 aliphatic heterocycles. The molecule has 1 N–H and O–H groups in total. The summed E-state index contributed by atoms with van der Waals surface area (Å²) in [7, 11) is 1.64. The highest BCUT2D eigenvalue weighted by molar-refractivity contribution is 5.99. The molecule has 0 saturated heterocycles. The first-order valence-electron chi connectivity index (χ1n) is 9.12. The normalized spacial score (nSPS) is 15.9. The number of aromatic nitrogens is 3. The summed E-state index contributed by atoms with van der Waals surface area (Å²) in [5.74, 6) is 0.656. The van der Waals surface area contributed by atoms with Gasteiger partial charge in [0, 0.05) is 23.6 Å². The molecule has 0 spiro atoms. The number of hydrogen-bond donors (Lipinski definition) is 1. The van der Waals surface area contributed by atoms with Gasteiger partial charge in [-0.05, 0) is 42.0 Å². The van der Waals surface area contributed by atoms with E-state index in [-0.39, 0.29) is 11.8 Å². The van der Waals surface area contributed by atoms with E-state index >= 15 is 0 Å². The van der Waals surface area contributed by atoms with Crippen LogP contribution in [0.5, 0.6) is 5.75 Å². The summed E-state index contributed by atoms with van der Waals surface area (Å²) in [6.07, 6.45) is 0.359. The fraction of sp³-hybridized carbons (Fsp3) is 0.136. The number of carbonyl (C=O) groups is 1. The highest BCUT2D eigenvalue weighted by atomic mass is 16.5. The Morgan fingerprint density at radius 3 is 2.71 bits per heavy atom. The van der Waals surface area contributed by atoms with Crippen LogP contribution in [0.4, 0.5) is 5.69 Å². The van der Waals surface area contributed by atoms with Crippen LogP contribution in [-0.2, 0) is 4.79 Å². The van der Waals surface area contributed by atoms with Crippen LogP contribution in [0.15, 0.2) is 66.7 Å². The largest absolute Gasteiger partial charge is 0.497 e. The highest BCUT2D eigenvalue weighted by Crippen LogP contribution is 2.41. The zero-order valence-electron chi connectivity index (χ0n) is 15.3. The van der Waals surface area contributed by atoms with Gasteiger partial charge in [0.05, 0.1) is 12.8 Å². The number of carbonyl (C=O) groups excluding carboxylic acids is 1. The van der Waals surface area contributed by atoms with Gasteiger partial charge in [0.15, 0.2) is 0 Å². The molecule has 2 heterocycles. The van der Waals surface area contributed by atoms with Crippen molar-refractivity contribution in [1.82, 2.24) is 15.0 Å². The van der Waals surface area contributed by atoms with Crippen LogP contribution in [0.25, 0.3) is 16.7 Å². The van der Waals surface area contributed by atoms with E-state index in [0.29, 0.717) is 6.42 Å². The van der Waals surface area contributed by atoms with Gasteiger partial charge >= 0.3 is 0 Å².